The van der Waals surface area contributed by atoms with Gasteiger partial charge in [0, 0.05) is 6.54 Å². The van der Waals surface area contributed by atoms with Crippen LogP contribution in [-0.4, -0.2) is 25.0 Å². The molecule has 1 unspecified atom stereocenters. The molecule has 9 heteroatoms. The Hall–Kier alpha value is -2.49. The Labute approximate surface area is 145 Å². The van der Waals surface area contributed by atoms with Gasteiger partial charge in [0.15, 0.2) is 4.90 Å². The molecule has 4 N–H and O–H groups in total. The molecule has 0 amide bonds. The summed E-state index contributed by atoms with van der Waals surface area (Å²) in [6.07, 6.45) is 0.258. The lowest BCUT2D eigenvalue weighted by Gasteiger charge is -2.24. The maximum absolute atomic E-state index is 11.5. The van der Waals surface area contributed by atoms with Crippen molar-refractivity contribution in [3.8, 4) is 0 Å². The molecule has 2 aromatic rings. The molecule has 0 bridgehead atoms. The zero-order valence-corrected chi connectivity index (χ0v) is 14.4. The van der Waals surface area contributed by atoms with Crippen molar-refractivity contribution in [2.45, 2.75) is 23.8 Å². The number of nitrogens with two attached hydrogens (primary N) is 1. The van der Waals surface area contributed by atoms with Crippen LogP contribution in [0.5, 0.6) is 0 Å². The Bertz CT molecular complexity index is 867. The van der Waals surface area contributed by atoms with E-state index in [1.165, 1.54) is 12.1 Å². The summed E-state index contributed by atoms with van der Waals surface area (Å²) in [5.41, 5.74) is -1.00. The lowest BCUT2D eigenvalue weighted by molar-refractivity contribution is -0.386. The van der Waals surface area contributed by atoms with E-state index in [-0.39, 0.29) is 18.7 Å². The van der Waals surface area contributed by atoms with Crippen molar-refractivity contribution in [1.82, 2.24) is 0 Å². The predicted octanol–water partition coefficient (Wildman–Crippen LogP) is 1.95. The Kier molecular flexibility index (Phi) is 5.41. The van der Waals surface area contributed by atoms with Crippen LogP contribution >= 0.6 is 0 Å². The van der Waals surface area contributed by atoms with Crippen LogP contribution in [0.3, 0.4) is 0 Å². The van der Waals surface area contributed by atoms with Gasteiger partial charge < -0.3 is 10.4 Å². The standard InChI is InChI=1S/C16H19N3O5S/c1-16(20,12-6-3-2-4-7-12)10-11-18-13-8-5-9-14(25(17,23)24)15(13)19(21)22/h2-9,18,20H,10-11H2,1H3,(H2,17,23,24). The number of nitrogens with one attached hydrogen (secondary N) is 1. The van der Waals surface area contributed by atoms with E-state index in [1.807, 2.05) is 6.07 Å². The number of hydrogen-bond donors (Lipinski definition) is 3. The minimum atomic E-state index is -4.23. The Balaban J connectivity index is 2.20. The van der Waals surface area contributed by atoms with Crippen LogP contribution in [-0.2, 0) is 15.6 Å². The van der Waals surface area contributed by atoms with Gasteiger partial charge in [-0.05, 0) is 31.0 Å². The fourth-order valence-corrected chi connectivity index (χ4v) is 3.19. The van der Waals surface area contributed by atoms with Gasteiger partial charge in [0.1, 0.15) is 5.69 Å². The van der Waals surface area contributed by atoms with Crippen LogP contribution in [0.1, 0.15) is 18.9 Å². The van der Waals surface area contributed by atoms with Crippen LogP contribution in [0.15, 0.2) is 53.4 Å². The van der Waals surface area contributed by atoms with Gasteiger partial charge in [0.05, 0.1) is 10.5 Å². The van der Waals surface area contributed by atoms with E-state index in [4.69, 9.17) is 5.14 Å². The summed E-state index contributed by atoms with van der Waals surface area (Å²) in [5.74, 6) is 0. The largest absolute Gasteiger partial charge is 0.385 e. The number of anilines is 1. The van der Waals surface area contributed by atoms with E-state index < -0.39 is 31.1 Å². The highest BCUT2D eigenvalue weighted by Crippen LogP contribution is 2.32. The SMILES string of the molecule is CC(O)(CCNc1cccc(S(N)(=O)=O)c1[N+](=O)[O-])c1ccccc1. The number of nitro benzene ring substituents is 1. The second-order valence-corrected chi connectivity index (χ2v) is 7.30. The van der Waals surface area contributed by atoms with E-state index in [1.54, 1.807) is 31.2 Å². The van der Waals surface area contributed by atoms with Gasteiger partial charge in [-0.2, -0.15) is 0 Å². The third kappa shape index (κ3) is 4.53. The maximum Gasteiger partial charge on any atom is 0.312 e. The number of para-hydroxylation sites is 1. The van der Waals surface area contributed by atoms with E-state index in [0.717, 1.165) is 6.07 Å². The number of hydrogen-bond acceptors (Lipinski definition) is 6. The van der Waals surface area contributed by atoms with Crippen molar-refractivity contribution in [2.24, 2.45) is 5.14 Å². The molecule has 0 radical (unpaired) electrons. The highest BCUT2D eigenvalue weighted by Gasteiger charge is 2.27. The number of primary sulfonamides is 1. The first kappa shape index (κ1) is 18.8. The number of rotatable bonds is 7. The fourth-order valence-electron chi connectivity index (χ4n) is 2.47. The molecular formula is C16H19N3O5S. The Morgan fingerprint density at radius 2 is 1.84 bits per heavy atom. The van der Waals surface area contributed by atoms with Crippen molar-refractivity contribution in [2.75, 3.05) is 11.9 Å². The quantitative estimate of drug-likeness (QED) is 0.507. The zero-order valence-electron chi connectivity index (χ0n) is 13.5. The number of benzene rings is 2. The number of sulfonamides is 1. The van der Waals surface area contributed by atoms with E-state index >= 15 is 0 Å². The fraction of sp³-hybridized carbons (Fsp3) is 0.250. The molecule has 1 atom stereocenters. The van der Waals surface area contributed by atoms with Gasteiger partial charge in [-0.25, -0.2) is 13.6 Å². The lowest BCUT2D eigenvalue weighted by Crippen LogP contribution is -2.25. The van der Waals surface area contributed by atoms with Crippen molar-refractivity contribution in [3.63, 3.8) is 0 Å². The van der Waals surface area contributed by atoms with Gasteiger partial charge in [-0.15, -0.1) is 0 Å². The van der Waals surface area contributed by atoms with Gasteiger partial charge in [0.25, 0.3) is 0 Å². The molecule has 8 nitrogen and oxygen atoms in total. The molecule has 0 aliphatic rings. The monoisotopic (exact) mass is 365 g/mol. The van der Waals surface area contributed by atoms with Crippen LogP contribution in [0.25, 0.3) is 0 Å². The van der Waals surface area contributed by atoms with Crippen LogP contribution in [0.4, 0.5) is 11.4 Å². The molecule has 0 aliphatic heterocycles. The van der Waals surface area contributed by atoms with Gasteiger partial charge in [0.2, 0.25) is 10.0 Å². The highest BCUT2D eigenvalue weighted by atomic mass is 32.2. The molecule has 0 fully saturated rings. The van der Waals surface area contributed by atoms with E-state index in [9.17, 15) is 23.6 Å². The minimum Gasteiger partial charge on any atom is -0.385 e. The molecule has 0 heterocycles. The Morgan fingerprint density at radius 1 is 1.20 bits per heavy atom. The van der Waals surface area contributed by atoms with Gasteiger partial charge in [-0.1, -0.05) is 36.4 Å². The molecule has 0 aliphatic carbocycles. The first-order valence-corrected chi connectivity index (χ1v) is 8.99. The summed E-state index contributed by atoms with van der Waals surface area (Å²) < 4.78 is 23.1. The number of nitrogens with zero attached hydrogens (tertiary/aromatic N) is 1. The minimum absolute atomic E-state index is 0.0281. The topological polar surface area (TPSA) is 136 Å². The van der Waals surface area contributed by atoms with E-state index in [0.29, 0.717) is 5.56 Å². The molecule has 0 saturated carbocycles. The normalized spacial score (nSPS) is 13.9. The van der Waals surface area contributed by atoms with Crippen molar-refractivity contribution in [1.29, 1.82) is 0 Å². The smallest absolute Gasteiger partial charge is 0.312 e. The van der Waals surface area contributed by atoms with Crippen molar-refractivity contribution in [3.05, 3.63) is 64.2 Å². The molecule has 134 valence electrons. The van der Waals surface area contributed by atoms with E-state index in [2.05, 4.69) is 5.32 Å². The first-order valence-electron chi connectivity index (χ1n) is 7.45. The third-order valence-corrected chi connectivity index (χ3v) is 4.75. The summed E-state index contributed by atoms with van der Waals surface area (Å²) in [6.45, 7) is 1.83. The Morgan fingerprint density at radius 3 is 2.40 bits per heavy atom. The molecule has 25 heavy (non-hydrogen) atoms. The van der Waals surface area contributed by atoms with Gasteiger partial charge >= 0.3 is 5.69 Å². The number of nitro groups is 1. The maximum atomic E-state index is 11.5. The van der Waals surface area contributed by atoms with Crippen molar-refractivity contribution < 1.29 is 18.4 Å². The van der Waals surface area contributed by atoms with Gasteiger partial charge in [-0.3, -0.25) is 10.1 Å². The van der Waals surface area contributed by atoms with Crippen LogP contribution in [0, 0.1) is 10.1 Å². The summed E-state index contributed by atoms with van der Waals surface area (Å²) >= 11 is 0. The molecule has 0 aromatic heterocycles. The average molecular weight is 365 g/mol. The molecule has 2 rings (SSSR count). The first-order chi connectivity index (χ1) is 11.6. The second-order valence-electron chi connectivity index (χ2n) is 5.77. The second kappa shape index (κ2) is 7.18. The summed E-state index contributed by atoms with van der Waals surface area (Å²) in [5, 5.41) is 29.7. The highest BCUT2D eigenvalue weighted by molar-refractivity contribution is 7.89. The molecule has 2 aromatic carbocycles. The van der Waals surface area contributed by atoms with Crippen LogP contribution in [0.2, 0.25) is 0 Å². The third-order valence-electron chi connectivity index (χ3n) is 3.81. The summed E-state index contributed by atoms with van der Waals surface area (Å²) in [6, 6.07) is 12.8. The van der Waals surface area contributed by atoms with Crippen LogP contribution < -0.4 is 10.5 Å². The zero-order chi connectivity index (χ0) is 18.7. The summed E-state index contributed by atoms with van der Waals surface area (Å²) in [4.78, 5) is 9.91. The predicted molar refractivity (Wildman–Crippen MR) is 93.6 cm³/mol. The summed E-state index contributed by atoms with van der Waals surface area (Å²) in [7, 11) is -4.23. The molecular weight excluding hydrogens is 346 g/mol. The lowest BCUT2D eigenvalue weighted by atomic mass is 9.92. The van der Waals surface area contributed by atoms with Crippen molar-refractivity contribution >= 4 is 21.4 Å². The average Bonchev–Trinajstić information content (AvgIpc) is 2.54. The molecule has 0 saturated heterocycles. The molecule has 0 spiro atoms. The number of aliphatic hydroxyl groups is 1.